The molecule has 24 heavy (non-hydrogen) atoms. The van der Waals surface area contributed by atoms with E-state index in [1.165, 1.54) is 11.1 Å². The van der Waals surface area contributed by atoms with E-state index in [4.69, 9.17) is 4.74 Å². The summed E-state index contributed by atoms with van der Waals surface area (Å²) in [4.78, 5) is 14.3. The van der Waals surface area contributed by atoms with Crippen molar-refractivity contribution in [1.29, 1.82) is 0 Å². The highest BCUT2D eigenvalue weighted by atomic mass is 16.5. The number of hydrogen-bond acceptors (Lipinski definition) is 3. The number of aromatic nitrogens is 2. The lowest BCUT2D eigenvalue weighted by Crippen LogP contribution is -2.42. The van der Waals surface area contributed by atoms with Crippen molar-refractivity contribution in [3.8, 4) is 0 Å². The number of ether oxygens (including phenoxy) is 1. The highest BCUT2D eigenvalue weighted by Gasteiger charge is 2.25. The highest BCUT2D eigenvalue weighted by molar-refractivity contribution is 5.88. The molecule has 1 N–H and O–H groups in total. The molecule has 1 aliphatic carbocycles. The Morgan fingerprint density at radius 2 is 2.17 bits per heavy atom. The molecule has 1 aromatic carbocycles. The predicted molar refractivity (Wildman–Crippen MR) is 93.1 cm³/mol. The summed E-state index contributed by atoms with van der Waals surface area (Å²) in [7, 11) is 3.51. The third kappa shape index (κ3) is 3.76. The number of hydrogen-bond donors (Lipinski definition) is 1. The van der Waals surface area contributed by atoms with Crippen molar-refractivity contribution in [2.24, 2.45) is 0 Å². The summed E-state index contributed by atoms with van der Waals surface area (Å²) in [6, 6.07) is 10.4. The number of anilines is 1. The molecule has 128 valence electrons. The number of urea groups is 1. The van der Waals surface area contributed by atoms with Crippen LogP contribution in [0.2, 0.25) is 0 Å². The van der Waals surface area contributed by atoms with Crippen LogP contribution in [-0.2, 0) is 24.1 Å². The molecule has 1 atom stereocenters. The molecule has 1 aromatic heterocycles. The summed E-state index contributed by atoms with van der Waals surface area (Å²) < 4.78 is 6.79. The largest absolute Gasteiger partial charge is 0.383 e. The molecule has 2 amide bonds. The second-order valence-electron chi connectivity index (χ2n) is 6.16. The van der Waals surface area contributed by atoms with Gasteiger partial charge in [-0.15, -0.1) is 0 Å². The predicted octanol–water partition coefficient (Wildman–Crippen LogP) is 2.55. The lowest BCUT2D eigenvalue weighted by Gasteiger charge is -2.32. The van der Waals surface area contributed by atoms with Crippen molar-refractivity contribution in [3.05, 3.63) is 47.7 Å². The zero-order chi connectivity index (χ0) is 16.9. The molecule has 0 unspecified atom stereocenters. The van der Waals surface area contributed by atoms with Crippen LogP contribution in [0.5, 0.6) is 0 Å². The third-order valence-electron chi connectivity index (χ3n) is 4.59. The average Bonchev–Trinajstić information content (AvgIpc) is 3.06. The van der Waals surface area contributed by atoms with Gasteiger partial charge >= 0.3 is 6.03 Å². The molecule has 0 radical (unpaired) electrons. The van der Waals surface area contributed by atoms with Crippen LogP contribution in [-0.4, -0.2) is 47.5 Å². The fourth-order valence-corrected chi connectivity index (χ4v) is 3.11. The van der Waals surface area contributed by atoms with E-state index >= 15 is 0 Å². The Hall–Kier alpha value is -2.34. The minimum atomic E-state index is -0.114. The van der Waals surface area contributed by atoms with Gasteiger partial charge in [-0.25, -0.2) is 4.79 Å². The Morgan fingerprint density at radius 1 is 1.38 bits per heavy atom. The van der Waals surface area contributed by atoms with Crippen molar-refractivity contribution >= 4 is 11.8 Å². The summed E-state index contributed by atoms with van der Waals surface area (Å²) in [6.07, 6.45) is 4.75. The van der Waals surface area contributed by atoms with E-state index in [2.05, 4.69) is 34.7 Å². The standard InChI is InChI=1S/C18H24N4O2/c1-21(16-8-7-14-5-3-4-6-15(14)13-16)18(23)19-17-9-10-22(20-17)11-12-24-2/h3-6,9-10,16H,7-8,11-13H2,1-2H3,(H,19,20,23)/t16-/m1/s1. The monoisotopic (exact) mass is 328 g/mol. The van der Waals surface area contributed by atoms with Crippen molar-refractivity contribution in [3.63, 3.8) is 0 Å². The molecule has 3 rings (SSSR count). The molecule has 0 fully saturated rings. The summed E-state index contributed by atoms with van der Waals surface area (Å²) in [5.41, 5.74) is 2.75. The Labute approximate surface area is 142 Å². The van der Waals surface area contributed by atoms with Crippen LogP contribution < -0.4 is 5.32 Å². The lowest BCUT2D eigenvalue weighted by molar-refractivity contribution is 0.183. The average molecular weight is 328 g/mol. The van der Waals surface area contributed by atoms with E-state index in [1.54, 1.807) is 22.8 Å². The molecular weight excluding hydrogens is 304 g/mol. The zero-order valence-corrected chi connectivity index (χ0v) is 14.2. The van der Waals surface area contributed by atoms with Gasteiger partial charge in [-0.1, -0.05) is 24.3 Å². The molecule has 0 saturated carbocycles. The van der Waals surface area contributed by atoms with Gasteiger partial charge in [-0.2, -0.15) is 5.10 Å². The first kappa shape index (κ1) is 16.5. The number of methoxy groups -OCH3 is 1. The molecule has 1 heterocycles. The van der Waals surface area contributed by atoms with Gasteiger partial charge in [0.1, 0.15) is 0 Å². The maximum absolute atomic E-state index is 12.5. The zero-order valence-electron chi connectivity index (χ0n) is 14.2. The first-order chi connectivity index (χ1) is 11.7. The van der Waals surface area contributed by atoms with Gasteiger partial charge < -0.3 is 9.64 Å². The SMILES string of the molecule is COCCn1ccc(NC(=O)N(C)[C@@H]2CCc3ccccc3C2)n1. The third-order valence-corrected chi connectivity index (χ3v) is 4.59. The van der Waals surface area contributed by atoms with Gasteiger partial charge in [0.15, 0.2) is 5.82 Å². The fraction of sp³-hybridized carbons (Fsp3) is 0.444. The van der Waals surface area contributed by atoms with Crippen LogP contribution in [0.25, 0.3) is 0 Å². The summed E-state index contributed by atoms with van der Waals surface area (Å²) in [5.74, 6) is 0.569. The van der Waals surface area contributed by atoms with Gasteiger partial charge in [0.05, 0.1) is 13.2 Å². The number of fused-ring (bicyclic) bond motifs is 1. The molecule has 0 bridgehead atoms. The number of benzene rings is 1. The van der Waals surface area contributed by atoms with Gasteiger partial charge in [-0.05, 0) is 30.4 Å². The van der Waals surface area contributed by atoms with Gasteiger partial charge in [0.2, 0.25) is 0 Å². The van der Waals surface area contributed by atoms with E-state index in [9.17, 15) is 4.79 Å². The van der Waals surface area contributed by atoms with Crippen LogP contribution in [0.3, 0.4) is 0 Å². The first-order valence-electron chi connectivity index (χ1n) is 8.30. The van der Waals surface area contributed by atoms with Gasteiger partial charge in [0, 0.05) is 32.5 Å². The van der Waals surface area contributed by atoms with Crippen molar-refractivity contribution in [2.75, 3.05) is 26.1 Å². The quantitative estimate of drug-likeness (QED) is 0.917. The molecule has 6 nitrogen and oxygen atoms in total. The van der Waals surface area contributed by atoms with Crippen LogP contribution >= 0.6 is 0 Å². The minimum Gasteiger partial charge on any atom is -0.383 e. The molecule has 6 heteroatoms. The number of amides is 2. The second-order valence-corrected chi connectivity index (χ2v) is 6.16. The summed E-state index contributed by atoms with van der Waals surface area (Å²) in [5, 5.41) is 7.20. The molecular formula is C18H24N4O2. The van der Waals surface area contributed by atoms with E-state index < -0.39 is 0 Å². The van der Waals surface area contributed by atoms with E-state index in [1.807, 2.05) is 13.2 Å². The van der Waals surface area contributed by atoms with Crippen molar-refractivity contribution in [2.45, 2.75) is 31.8 Å². The first-order valence-corrected chi connectivity index (χ1v) is 8.30. The van der Waals surface area contributed by atoms with E-state index in [-0.39, 0.29) is 12.1 Å². The van der Waals surface area contributed by atoms with Gasteiger partial charge in [-0.3, -0.25) is 10.00 Å². The number of aryl methyl sites for hydroxylation is 1. The number of nitrogens with zero attached hydrogens (tertiary/aromatic N) is 3. The molecule has 2 aromatic rings. The van der Waals surface area contributed by atoms with Gasteiger partial charge in [0.25, 0.3) is 0 Å². The normalized spacial score (nSPS) is 16.5. The molecule has 0 spiro atoms. The van der Waals surface area contributed by atoms with Crippen LogP contribution in [0.15, 0.2) is 36.5 Å². The Balaban J connectivity index is 1.58. The Kier molecular flexibility index (Phi) is 5.15. The minimum absolute atomic E-state index is 0.114. The second kappa shape index (κ2) is 7.49. The maximum atomic E-state index is 12.5. The molecule has 1 aliphatic rings. The summed E-state index contributed by atoms with van der Waals surface area (Å²) >= 11 is 0. The number of rotatable bonds is 5. The Morgan fingerprint density at radius 3 is 2.96 bits per heavy atom. The number of nitrogens with one attached hydrogen (secondary N) is 1. The van der Waals surface area contributed by atoms with Crippen molar-refractivity contribution < 1.29 is 9.53 Å². The smallest absolute Gasteiger partial charge is 0.323 e. The molecule has 0 saturated heterocycles. The van der Waals surface area contributed by atoms with Crippen LogP contribution in [0.4, 0.5) is 10.6 Å². The van der Waals surface area contributed by atoms with Crippen molar-refractivity contribution in [1.82, 2.24) is 14.7 Å². The molecule has 0 aliphatic heterocycles. The van der Waals surface area contributed by atoms with Crippen LogP contribution in [0, 0.1) is 0 Å². The van der Waals surface area contributed by atoms with E-state index in [0.717, 1.165) is 19.3 Å². The number of carbonyl (C=O) groups excluding carboxylic acids is 1. The van der Waals surface area contributed by atoms with Crippen LogP contribution in [0.1, 0.15) is 17.5 Å². The maximum Gasteiger partial charge on any atom is 0.323 e. The topological polar surface area (TPSA) is 59.4 Å². The van der Waals surface area contributed by atoms with E-state index in [0.29, 0.717) is 19.0 Å². The number of carbonyl (C=O) groups is 1. The summed E-state index contributed by atoms with van der Waals surface area (Å²) in [6.45, 7) is 1.26. The lowest BCUT2D eigenvalue weighted by atomic mass is 9.88. The highest BCUT2D eigenvalue weighted by Crippen LogP contribution is 2.24. The number of likely N-dealkylation sites (N-methyl/N-ethyl adjacent to an activating group) is 1. The fourth-order valence-electron chi connectivity index (χ4n) is 3.11. The Bertz CT molecular complexity index is 698.